The molecule has 0 unspecified atom stereocenters. The van der Waals surface area contributed by atoms with E-state index in [9.17, 15) is 19.2 Å². The lowest BCUT2D eigenvalue weighted by Crippen LogP contribution is -2.72. The van der Waals surface area contributed by atoms with Crippen molar-refractivity contribution in [3.63, 3.8) is 0 Å². The maximum absolute atomic E-state index is 14.4. The van der Waals surface area contributed by atoms with E-state index in [1.165, 1.54) is 21.3 Å². The lowest BCUT2D eigenvalue weighted by molar-refractivity contribution is -0.480. The van der Waals surface area contributed by atoms with Crippen molar-refractivity contribution in [3.8, 4) is 11.5 Å². The van der Waals surface area contributed by atoms with Gasteiger partial charge in [0.1, 0.15) is 48.1 Å². The molecule has 0 amide bonds. The summed E-state index contributed by atoms with van der Waals surface area (Å²) in [6.07, 6.45) is -18.8. The molecule has 6 aromatic carbocycles. The largest absolute Gasteiger partial charge is 0.497 e. The highest BCUT2D eigenvalue weighted by Gasteiger charge is 2.63. The zero-order valence-corrected chi connectivity index (χ0v) is 48.2. The van der Waals surface area contributed by atoms with Gasteiger partial charge in [-0.3, -0.25) is 0 Å². The number of carbonyl (C=O) groups is 4. The highest BCUT2D eigenvalue weighted by Crippen LogP contribution is 2.45. The van der Waals surface area contributed by atoms with Crippen LogP contribution in [0.15, 0.2) is 176 Å². The standard InChI is InChI=1S/C65H68O21/c1-64(72-5)65(2,73-6)86-50-48(85-64)39-77-62(79-47-38-76-61(78-46-34-32-45(70-3)33-35-46)55(82-59(68)44-30-20-11-21-31-44)49(47)80-57(66)42-26-16-9-17-27-42)56(50)84-63-54(75-37-41-24-14-8-15-25-41)51(74-36-40-22-12-7-13-23-40)52(53(83-63)60(69)71-4)81-58(67)43-28-18-10-19-29-43/h7-35,47-56,61-63H,36-39H2,1-6H3/t47-,48-,49+,50+,51+,52+,53+,54-,55-,56-,61+,62+,63+,64+,65+/m1/s1. The van der Waals surface area contributed by atoms with Crippen molar-refractivity contribution in [2.75, 3.05) is 41.7 Å². The summed E-state index contributed by atoms with van der Waals surface area (Å²) in [5, 5.41) is 0. The molecule has 6 aromatic rings. The lowest BCUT2D eigenvalue weighted by atomic mass is 9.96. The normalized spacial score (nSPS) is 29.7. The number of methoxy groups -OCH3 is 4. The summed E-state index contributed by atoms with van der Waals surface area (Å²) in [5.74, 6) is -5.73. The Bertz CT molecular complexity index is 3140. The van der Waals surface area contributed by atoms with Crippen molar-refractivity contribution in [1.82, 2.24) is 0 Å². The van der Waals surface area contributed by atoms with E-state index in [1.807, 2.05) is 60.7 Å². The molecule has 0 aliphatic carbocycles. The Morgan fingerprint density at radius 3 is 1.44 bits per heavy atom. The summed E-state index contributed by atoms with van der Waals surface area (Å²) in [6.45, 7) is 2.52. The molecule has 4 heterocycles. The summed E-state index contributed by atoms with van der Waals surface area (Å²) in [7, 11) is 5.54. The molecule has 86 heavy (non-hydrogen) atoms. The van der Waals surface area contributed by atoms with Gasteiger partial charge < -0.3 is 80.5 Å². The minimum atomic E-state index is -1.73. The number of carbonyl (C=O) groups excluding carboxylic acids is 4. The van der Waals surface area contributed by atoms with Gasteiger partial charge in [-0.1, -0.05) is 115 Å². The van der Waals surface area contributed by atoms with Gasteiger partial charge in [0.15, 0.2) is 30.9 Å². The first-order chi connectivity index (χ1) is 41.8. The second-order valence-electron chi connectivity index (χ2n) is 20.7. The van der Waals surface area contributed by atoms with Gasteiger partial charge in [-0.2, -0.15) is 0 Å². The number of benzene rings is 6. The topological polar surface area (TPSA) is 225 Å². The van der Waals surface area contributed by atoms with Crippen molar-refractivity contribution in [3.05, 3.63) is 204 Å². The monoisotopic (exact) mass is 1180 g/mol. The molecule has 10 rings (SSSR count). The molecular weight excluding hydrogens is 1120 g/mol. The predicted octanol–water partition coefficient (Wildman–Crippen LogP) is 7.81. The Hall–Kier alpha value is -7.64. The first-order valence-corrected chi connectivity index (χ1v) is 27.9. The summed E-state index contributed by atoms with van der Waals surface area (Å²) in [6, 6.07) is 49.7. The van der Waals surface area contributed by atoms with Crippen LogP contribution < -0.4 is 9.47 Å². The molecule has 4 aliphatic heterocycles. The van der Waals surface area contributed by atoms with Gasteiger partial charge in [0, 0.05) is 14.2 Å². The Labute approximate surface area is 497 Å². The molecule has 21 heteroatoms. The van der Waals surface area contributed by atoms with Gasteiger partial charge in [0.2, 0.25) is 24.0 Å². The van der Waals surface area contributed by atoms with Crippen LogP contribution in [-0.4, -0.2) is 157 Å². The third-order valence-corrected chi connectivity index (χ3v) is 15.3. The fourth-order valence-electron chi connectivity index (χ4n) is 10.4. The van der Waals surface area contributed by atoms with Crippen LogP contribution in [0.25, 0.3) is 0 Å². The van der Waals surface area contributed by atoms with Crippen LogP contribution >= 0.6 is 0 Å². The Kier molecular flexibility index (Phi) is 20.2. The van der Waals surface area contributed by atoms with E-state index >= 15 is 0 Å². The van der Waals surface area contributed by atoms with E-state index in [0.29, 0.717) is 11.5 Å². The molecule has 0 radical (unpaired) electrons. The molecule has 454 valence electrons. The molecule has 15 atom stereocenters. The number of hydrogen-bond donors (Lipinski definition) is 0. The molecule has 0 N–H and O–H groups in total. The van der Waals surface area contributed by atoms with Crippen LogP contribution in [0.5, 0.6) is 11.5 Å². The minimum Gasteiger partial charge on any atom is -0.497 e. The lowest BCUT2D eigenvalue weighted by Gasteiger charge is -2.56. The van der Waals surface area contributed by atoms with Crippen LogP contribution in [0.1, 0.15) is 56.0 Å². The molecule has 0 spiro atoms. The summed E-state index contributed by atoms with van der Waals surface area (Å²) < 4.78 is 109. The fourth-order valence-corrected chi connectivity index (χ4v) is 10.4. The highest BCUT2D eigenvalue weighted by atomic mass is 16.8. The van der Waals surface area contributed by atoms with E-state index in [0.717, 1.165) is 18.2 Å². The average molecular weight is 1190 g/mol. The predicted molar refractivity (Wildman–Crippen MR) is 301 cm³/mol. The van der Waals surface area contributed by atoms with Gasteiger partial charge in [-0.25, -0.2) is 19.2 Å². The van der Waals surface area contributed by atoms with Gasteiger partial charge >= 0.3 is 23.9 Å². The average Bonchev–Trinajstić information content (AvgIpc) is 1.15. The van der Waals surface area contributed by atoms with Crippen LogP contribution in [0.3, 0.4) is 0 Å². The Morgan fingerprint density at radius 2 is 0.930 bits per heavy atom. The maximum Gasteiger partial charge on any atom is 0.339 e. The smallest absolute Gasteiger partial charge is 0.339 e. The number of esters is 4. The maximum atomic E-state index is 14.4. The second kappa shape index (κ2) is 28.3. The zero-order chi connectivity index (χ0) is 60.2. The fraction of sp³-hybridized carbons (Fsp3) is 0.385. The van der Waals surface area contributed by atoms with E-state index in [1.54, 1.807) is 129 Å². The molecule has 0 aromatic heterocycles. The summed E-state index contributed by atoms with van der Waals surface area (Å²) in [4.78, 5) is 57.1. The third kappa shape index (κ3) is 14.1. The quantitative estimate of drug-likeness (QED) is 0.0466. The highest BCUT2D eigenvalue weighted by molar-refractivity contribution is 5.91. The first kappa shape index (κ1) is 61.4. The van der Waals surface area contributed by atoms with Crippen molar-refractivity contribution < 1.29 is 99.7 Å². The molecule has 4 fully saturated rings. The van der Waals surface area contributed by atoms with E-state index < -0.39 is 115 Å². The van der Waals surface area contributed by atoms with Gasteiger partial charge in [-0.15, -0.1) is 0 Å². The molecule has 21 nitrogen and oxygen atoms in total. The molecule has 4 aliphatic rings. The van der Waals surface area contributed by atoms with Gasteiger partial charge in [0.25, 0.3) is 0 Å². The van der Waals surface area contributed by atoms with Crippen LogP contribution in [0.4, 0.5) is 0 Å². The van der Waals surface area contributed by atoms with Crippen molar-refractivity contribution >= 4 is 23.9 Å². The third-order valence-electron chi connectivity index (χ3n) is 15.3. The van der Waals surface area contributed by atoms with Crippen LogP contribution in [0, 0.1) is 0 Å². The summed E-state index contributed by atoms with van der Waals surface area (Å²) >= 11 is 0. The second-order valence-corrected chi connectivity index (χ2v) is 20.7. The van der Waals surface area contributed by atoms with E-state index in [2.05, 4.69) is 0 Å². The van der Waals surface area contributed by atoms with Crippen LogP contribution in [-0.2, 0) is 89.1 Å². The first-order valence-electron chi connectivity index (χ1n) is 27.9. The molecular formula is C65H68O21. The molecule has 0 bridgehead atoms. The number of hydrogen-bond acceptors (Lipinski definition) is 21. The zero-order valence-electron chi connectivity index (χ0n) is 48.2. The van der Waals surface area contributed by atoms with Gasteiger partial charge in [0.05, 0.1) is 57.3 Å². The van der Waals surface area contributed by atoms with E-state index in [4.69, 9.17) is 80.5 Å². The van der Waals surface area contributed by atoms with Crippen molar-refractivity contribution in [2.24, 2.45) is 0 Å². The molecule has 0 saturated carbocycles. The minimum absolute atomic E-state index is 0.0671. The van der Waals surface area contributed by atoms with Crippen molar-refractivity contribution in [2.45, 2.75) is 119 Å². The molecule has 4 saturated heterocycles. The van der Waals surface area contributed by atoms with Crippen LogP contribution in [0.2, 0.25) is 0 Å². The number of ether oxygens (including phenoxy) is 17. The number of fused-ring (bicyclic) bond motifs is 1. The summed E-state index contributed by atoms with van der Waals surface area (Å²) in [5.41, 5.74) is 1.97. The van der Waals surface area contributed by atoms with Crippen molar-refractivity contribution in [1.29, 1.82) is 0 Å². The Balaban J connectivity index is 1.06. The van der Waals surface area contributed by atoms with Gasteiger partial charge in [-0.05, 0) is 85.6 Å². The van der Waals surface area contributed by atoms with E-state index in [-0.39, 0.29) is 43.1 Å². The SMILES string of the molecule is COC(=O)[C@H]1O[C@@H](O[C@H]2[C@H](O[C@@H]3CO[C@@H](Oc4ccc(OC)cc4)[C@H](OC(=O)c4ccccc4)[C@H]3OC(=O)c3ccccc3)OC[C@H]3O[C@](C)(OC)[C@@](C)(OC)O[C@H]23)[C@H](OCc2ccccc2)[C@@H](OCc2ccccc2)[C@@H]1OC(=O)c1ccccc1. The Morgan fingerprint density at radius 1 is 0.465 bits per heavy atom. The number of rotatable bonds is 22.